The minimum absolute atomic E-state index is 0.556. The number of hydrogen-bond acceptors (Lipinski definition) is 5. The molecule has 1 heterocycles. The van der Waals surface area contributed by atoms with Gasteiger partial charge in [0, 0.05) is 6.21 Å². The Labute approximate surface area is 106 Å². The van der Waals surface area contributed by atoms with Gasteiger partial charge in [0.1, 0.15) is 18.7 Å². The lowest BCUT2D eigenvalue weighted by Crippen LogP contribution is -2.19. The van der Waals surface area contributed by atoms with Gasteiger partial charge in [-0.05, 0) is 37.5 Å². The zero-order chi connectivity index (χ0) is 13.0. The maximum absolute atomic E-state index is 5.79. The van der Waals surface area contributed by atoms with Crippen molar-refractivity contribution in [3.8, 4) is 5.75 Å². The van der Waals surface area contributed by atoms with Gasteiger partial charge in [-0.3, -0.25) is 0 Å². The van der Waals surface area contributed by atoms with E-state index in [0.29, 0.717) is 11.6 Å². The molecule has 1 aliphatic heterocycles. The van der Waals surface area contributed by atoms with Crippen molar-refractivity contribution in [1.29, 1.82) is 0 Å². The molecule has 0 saturated carbocycles. The average molecular weight is 247 g/mol. The molecule has 0 aromatic heterocycles. The largest absolute Gasteiger partial charge is 0.456 e. The van der Waals surface area contributed by atoms with E-state index >= 15 is 0 Å². The number of benzene rings is 1. The van der Waals surface area contributed by atoms with Crippen molar-refractivity contribution in [3.63, 3.8) is 0 Å². The van der Waals surface area contributed by atoms with E-state index in [1.807, 2.05) is 25.1 Å². The number of nitrogens with two attached hydrogens (primary N) is 1. The molecule has 0 bridgehead atoms. The summed E-state index contributed by atoms with van der Waals surface area (Å²) in [6, 6.07) is 6.02. The fourth-order valence-corrected chi connectivity index (χ4v) is 1.73. The third-order valence-corrected chi connectivity index (χ3v) is 2.70. The third-order valence-electron chi connectivity index (χ3n) is 2.70. The molecule has 0 radical (unpaired) electrons. The van der Waals surface area contributed by atoms with E-state index in [1.54, 1.807) is 6.21 Å². The topological polar surface area (TPSA) is 68.9 Å². The van der Waals surface area contributed by atoms with Gasteiger partial charge in [0.25, 0.3) is 0 Å². The SMILES string of the molecule is CON=CCCc1ccc2c(c1)NC(N)=C(C)O2. The molecule has 0 atom stereocenters. The molecule has 0 unspecified atom stereocenters. The minimum atomic E-state index is 0.556. The zero-order valence-corrected chi connectivity index (χ0v) is 10.6. The standard InChI is InChI=1S/C13H17N3O2/c1-9-13(14)16-11-8-10(4-3-7-15-17-2)5-6-12(11)18-9/h5-8,16H,3-4,14H2,1-2H3. The highest BCUT2D eigenvalue weighted by molar-refractivity contribution is 5.64. The molecule has 1 aromatic carbocycles. The molecular formula is C13H17N3O2. The Balaban J connectivity index is 2.06. The Morgan fingerprint density at radius 2 is 2.33 bits per heavy atom. The fraction of sp³-hybridized carbons (Fsp3) is 0.308. The number of allylic oxidation sites excluding steroid dienone is 1. The zero-order valence-electron chi connectivity index (χ0n) is 10.6. The van der Waals surface area contributed by atoms with Gasteiger partial charge >= 0.3 is 0 Å². The number of ether oxygens (including phenoxy) is 1. The molecule has 96 valence electrons. The first-order chi connectivity index (χ1) is 8.70. The second-order valence-electron chi connectivity index (χ2n) is 4.04. The summed E-state index contributed by atoms with van der Waals surface area (Å²) in [5, 5.41) is 6.83. The summed E-state index contributed by atoms with van der Waals surface area (Å²) in [7, 11) is 1.54. The molecule has 1 aromatic rings. The van der Waals surface area contributed by atoms with Crippen LogP contribution in [0.2, 0.25) is 0 Å². The van der Waals surface area contributed by atoms with Gasteiger partial charge in [-0.25, -0.2) is 0 Å². The van der Waals surface area contributed by atoms with Crippen LogP contribution in [0.4, 0.5) is 5.69 Å². The second kappa shape index (κ2) is 5.44. The maximum atomic E-state index is 5.79. The molecular weight excluding hydrogens is 230 g/mol. The quantitative estimate of drug-likeness (QED) is 0.632. The van der Waals surface area contributed by atoms with Gasteiger partial charge in [0.2, 0.25) is 0 Å². The predicted octanol–water partition coefficient (Wildman–Crippen LogP) is 2.20. The highest BCUT2D eigenvalue weighted by Gasteiger charge is 2.14. The van der Waals surface area contributed by atoms with Crippen LogP contribution in [-0.2, 0) is 11.3 Å². The Morgan fingerprint density at radius 1 is 1.50 bits per heavy atom. The smallest absolute Gasteiger partial charge is 0.150 e. The lowest BCUT2D eigenvalue weighted by Gasteiger charge is -2.21. The predicted molar refractivity (Wildman–Crippen MR) is 71.4 cm³/mol. The van der Waals surface area contributed by atoms with Crippen LogP contribution in [-0.4, -0.2) is 13.3 Å². The van der Waals surface area contributed by atoms with Gasteiger partial charge in [-0.2, -0.15) is 0 Å². The van der Waals surface area contributed by atoms with Crippen molar-refractivity contribution >= 4 is 11.9 Å². The number of hydrogen-bond donors (Lipinski definition) is 2. The number of nitrogens with zero attached hydrogens (tertiary/aromatic N) is 1. The molecule has 5 nitrogen and oxygen atoms in total. The third kappa shape index (κ3) is 2.74. The molecule has 18 heavy (non-hydrogen) atoms. The van der Waals surface area contributed by atoms with Crippen LogP contribution in [0.3, 0.4) is 0 Å². The summed E-state index contributed by atoms with van der Waals surface area (Å²) >= 11 is 0. The first-order valence-corrected chi connectivity index (χ1v) is 5.80. The van der Waals surface area contributed by atoms with Gasteiger partial charge in [0.05, 0.1) is 5.69 Å². The summed E-state index contributed by atoms with van der Waals surface area (Å²) in [5.74, 6) is 2.05. The van der Waals surface area contributed by atoms with Crippen LogP contribution in [0, 0.1) is 0 Å². The summed E-state index contributed by atoms with van der Waals surface area (Å²) in [6.07, 6.45) is 3.48. The van der Waals surface area contributed by atoms with E-state index in [2.05, 4.69) is 15.3 Å². The van der Waals surface area contributed by atoms with Crippen molar-refractivity contribution in [2.45, 2.75) is 19.8 Å². The summed E-state index contributed by atoms with van der Waals surface area (Å²) in [6.45, 7) is 1.83. The van der Waals surface area contributed by atoms with Crippen LogP contribution in [0.1, 0.15) is 18.9 Å². The number of anilines is 1. The van der Waals surface area contributed by atoms with Crippen LogP contribution >= 0.6 is 0 Å². The Kier molecular flexibility index (Phi) is 3.72. The van der Waals surface area contributed by atoms with Crippen molar-refractivity contribution in [3.05, 3.63) is 35.3 Å². The summed E-state index contributed by atoms with van der Waals surface area (Å²) in [5.41, 5.74) is 7.88. The average Bonchev–Trinajstić information content (AvgIpc) is 2.36. The molecule has 0 aliphatic carbocycles. The number of oxime groups is 1. The van der Waals surface area contributed by atoms with E-state index in [-0.39, 0.29) is 0 Å². The van der Waals surface area contributed by atoms with E-state index < -0.39 is 0 Å². The van der Waals surface area contributed by atoms with Gasteiger partial charge < -0.3 is 20.6 Å². The summed E-state index contributed by atoms with van der Waals surface area (Å²) < 4.78 is 5.59. The highest BCUT2D eigenvalue weighted by atomic mass is 16.6. The Morgan fingerprint density at radius 3 is 3.11 bits per heavy atom. The number of fused-ring (bicyclic) bond motifs is 1. The lowest BCUT2D eigenvalue weighted by atomic mass is 10.1. The molecule has 2 rings (SSSR count). The lowest BCUT2D eigenvalue weighted by molar-refractivity contribution is 0.214. The minimum Gasteiger partial charge on any atom is -0.456 e. The van der Waals surface area contributed by atoms with E-state index in [4.69, 9.17) is 10.5 Å². The number of nitrogens with one attached hydrogen (secondary N) is 1. The number of rotatable bonds is 4. The summed E-state index contributed by atoms with van der Waals surface area (Å²) in [4.78, 5) is 4.61. The van der Waals surface area contributed by atoms with Crippen LogP contribution < -0.4 is 15.8 Å². The molecule has 0 amide bonds. The molecule has 1 aliphatic rings. The van der Waals surface area contributed by atoms with E-state index in [9.17, 15) is 0 Å². The monoisotopic (exact) mass is 247 g/mol. The van der Waals surface area contributed by atoms with Gasteiger partial charge in [-0.1, -0.05) is 11.2 Å². The van der Waals surface area contributed by atoms with Crippen molar-refractivity contribution in [1.82, 2.24) is 0 Å². The van der Waals surface area contributed by atoms with E-state index in [1.165, 1.54) is 12.7 Å². The molecule has 0 saturated heterocycles. The van der Waals surface area contributed by atoms with Crippen LogP contribution in [0.25, 0.3) is 0 Å². The van der Waals surface area contributed by atoms with Crippen LogP contribution in [0.15, 0.2) is 34.9 Å². The number of aryl methyl sites for hydroxylation is 1. The first kappa shape index (κ1) is 12.3. The highest BCUT2D eigenvalue weighted by Crippen LogP contribution is 2.32. The second-order valence-corrected chi connectivity index (χ2v) is 4.04. The van der Waals surface area contributed by atoms with Gasteiger partial charge in [0.15, 0.2) is 5.75 Å². The normalized spacial score (nSPS) is 14.1. The van der Waals surface area contributed by atoms with E-state index in [0.717, 1.165) is 24.3 Å². The van der Waals surface area contributed by atoms with Crippen LogP contribution in [0.5, 0.6) is 5.75 Å². The molecule has 0 fully saturated rings. The van der Waals surface area contributed by atoms with Crippen molar-refractivity contribution < 1.29 is 9.57 Å². The Hall–Kier alpha value is -2.17. The van der Waals surface area contributed by atoms with Crippen molar-refractivity contribution in [2.24, 2.45) is 10.9 Å². The molecule has 3 N–H and O–H groups in total. The fourth-order valence-electron chi connectivity index (χ4n) is 1.73. The molecule has 5 heteroatoms. The Bertz CT molecular complexity index is 495. The van der Waals surface area contributed by atoms with Gasteiger partial charge in [-0.15, -0.1) is 0 Å². The first-order valence-electron chi connectivity index (χ1n) is 5.80. The molecule has 0 spiro atoms. The van der Waals surface area contributed by atoms with Crippen molar-refractivity contribution in [2.75, 3.05) is 12.4 Å². The maximum Gasteiger partial charge on any atom is 0.150 e.